The highest BCUT2D eigenvalue weighted by Crippen LogP contribution is 2.36. The van der Waals surface area contributed by atoms with Crippen LogP contribution >= 0.6 is 0 Å². The van der Waals surface area contributed by atoms with Gasteiger partial charge >= 0.3 is 5.97 Å². The number of nitrogens with zero attached hydrogens (tertiary/aromatic N) is 2. The molecule has 0 saturated heterocycles. The maximum absolute atomic E-state index is 11.3. The molecule has 1 aromatic carbocycles. The summed E-state index contributed by atoms with van der Waals surface area (Å²) in [5.74, 6) is -0.437. The first kappa shape index (κ1) is 13.9. The van der Waals surface area contributed by atoms with Crippen molar-refractivity contribution in [2.75, 3.05) is 11.4 Å². The van der Waals surface area contributed by atoms with Crippen molar-refractivity contribution in [3.8, 4) is 0 Å². The van der Waals surface area contributed by atoms with Gasteiger partial charge in [-0.25, -0.2) is 9.78 Å². The maximum Gasteiger partial charge on any atom is 0.354 e. The first-order valence-electron chi connectivity index (χ1n) is 7.46. The van der Waals surface area contributed by atoms with E-state index >= 15 is 0 Å². The smallest absolute Gasteiger partial charge is 0.354 e. The summed E-state index contributed by atoms with van der Waals surface area (Å²) in [6.45, 7) is 5.32. The average Bonchev–Trinajstić information content (AvgIpc) is 3.28. The predicted octanol–water partition coefficient (Wildman–Crippen LogP) is 3.56. The van der Waals surface area contributed by atoms with Crippen LogP contribution in [0.4, 0.5) is 5.69 Å². The topological polar surface area (TPSA) is 53.4 Å². The first-order valence-corrected chi connectivity index (χ1v) is 7.46. The zero-order valence-electron chi connectivity index (χ0n) is 12.4. The number of pyridine rings is 1. The van der Waals surface area contributed by atoms with Crippen LogP contribution in [-0.2, 0) is 0 Å². The van der Waals surface area contributed by atoms with E-state index in [1.807, 2.05) is 24.3 Å². The molecule has 1 aliphatic carbocycles. The number of aromatic nitrogens is 1. The van der Waals surface area contributed by atoms with Crippen molar-refractivity contribution in [1.82, 2.24) is 4.98 Å². The van der Waals surface area contributed by atoms with Crippen LogP contribution in [0.2, 0.25) is 0 Å². The second kappa shape index (κ2) is 5.35. The lowest BCUT2D eigenvalue weighted by atomic mass is 10.1. The number of hydrogen-bond donors (Lipinski definition) is 1. The van der Waals surface area contributed by atoms with Crippen molar-refractivity contribution in [3.63, 3.8) is 0 Å². The first-order chi connectivity index (χ1) is 10.1. The Bertz CT molecular complexity index is 678. The molecular formula is C17H20N2O2. The fourth-order valence-electron chi connectivity index (χ4n) is 2.73. The Kier molecular flexibility index (Phi) is 3.53. The molecule has 0 amide bonds. The van der Waals surface area contributed by atoms with Crippen molar-refractivity contribution in [2.24, 2.45) is 5.92 Å². The number of carbonyl (C=O) groups is 1. The number of carboxylic acids is 1. The summed E-state index contributed by atoms with van der Waals surface area (Å²) in [5, 5.41) is 10.3. The van der Waals surface area contributed by atoms with Crippen LogP contribution in [-0.4, -0.2) is 28.6 Å². The highest BCUT2D eigenvalue weighted by atomic mass is 16.4. The lowest BCUT2D eigenvalue weighted by Crippen LogP contribution is -2.30. The van der Waals surface area contributed by atoms with Gasteiger partial charge in [0.1, 0.15) is 0 Å². The number of rotatable bonds is 5. The Morgan fingerprint density at radius 2 is 2.10 bits per heavy atom. The molecule has 1 aliphatic rings. The minimum Gasteiger partial charge on any atom is -0.477 e. The lowest BCUT2D eigenvalue weighted by molar-refractivity contribution is 0.0691. The molecule has 21 heavy (non-hydrogen) atoms. The van der Waals surface area contributed by atoms with E-state index in [9.17, 15) is 9.90 Å². The van der Waals surface area contributed by atoms with Gasteiger partial charge in [0.15, 0.2) is 5.69 Å². The number of benzene rings is 1. The van der Waals surface area contributed by atoms with Crippen LogP contribution in [0.1, 0.15) is 37.2 Å². The van der Waals surface area contributed by atoms with Crippen LogP contribution in [0.15, 0.2) is 30.3 Å². The monoisotopic (exact) mass is 284 g/mol. The van der Waals surface area contributed by atoms with Crippen LogP contribution in [0.3, 0.4) is 0 Å². The van der Waals surface area contributed by atoms with Gasteiger partial charge in [0.2, 0.25) is 0 Å². The van der Waals surface area contributed by atoms with Gasteiger partial charge in [-0.05, 0) is 30.9 Å². The molecule has 110 valence electrons. The molecule has 4 nitrogen and oxygen atoms in total. The lowest BCUT2D eigenvalue weighted by Gasteiger charge is -2.28. The van der Waals surface area contributed by atoms with E-state index in [0.29, 0.717) is 12.0 Å². The molecular weight excluding hydrogens is 264 g/mol. The molecule has 2 aromatic rings. The van der Waals surface area contributed by atoms with Gasteiger partial charge in [-0.2, -0.15) is 0 Å². The Morgan fingerprint density at radius 3 is 2.71 bits per heavy atom. The number of carboxylic acid groups (broad SMARTS) is 1. The Hall–Kier alpha value is -2.10. The molecule has 1 saturated carbocycles. The molecule has 0 unspecified atom stereocenters. The fraction of sp³-hybridized carbons (Fsp3) is 0.412. The Balaban J connectivity index is 2.15. The minimum absolute atomic E-state index is 0.123. The normalized spacial score (nSPS) is 14.6. The fourth-order valence-corrected chi connectivity index (χ4v) is 2.73. The quantitative estimate of drug-likeness (QED) is 0.912. The third-order valence-electron chi connectivity index (χ3n) is 3.77. The zero-order chi connectivity index (χ0) is 15.0. The Labute approximate surface area is 124 Å². The SMILES string of the molecule is CC(C)CN(c1cc(C(=O)O)nc2ccccc12)C1CC1. The molecule has 4 heteroatoms. The van der Waals surface area contributed by atoms with Crippen molar-refractivity contribution in [3.05, 3.63) is 36.0 Å². The molecule has 1 N–H and O–H groups in total. The molecule has 0 aliphatic heterocycles. The third kappa shape index (κ3) is 2.84. The highest BCUT2D eigenvalue weighted by molar-refractivity contribution is 5.97. The molecule has 0 radical (unpaired) electrons. The summed E-state index contributed by atoms with van der Waals surface area (Å²) in [4.78, 5) is 18.0. The van der Waals surface area contributed by atoms with Crippen LogP contribution in [0.5, 0.6) is 0 Å². The summed E-state index contributed by atoms with van der Waals surface area (Å²) in [6.07, 6.45) is 2.37. The largest absolute Gasteiger partial charge is 0.477 e. The number of hydrogen-bond acceptors (Lipinski definition) is 3. The molecule has 0 spiro atoms. The van der Waals surface area contributed by atoms with Gasteiger partial charge in [-0.3, -0.25) is 0 Å². The van der Waals surface area contributed by atoms with E-state index in [1.54, 1.807) is 6.07 Å². The van der Waals surface area contributed by atoms with Crippen molar-refractivity contribution < 1.29 is 9.90 Å². The molecule has 1 aromatic heterocycles. The maximum atomic E-state index is 11.3. The van der Waals surface area contributed by atoms with Crippen molar-refractivity contribution in [2.45, 2.75) is 32.7 Å². The van der Waals surface area contributed by atoms with Crippen LogP contribution in [0, 0.1) is 5.92 Å². The average molecular weight is 284 g/mol. The van der Waals surface area contributed by atoms with Gasteiger partial charge in [0, 0.05) is 23.7 Å². The van der Waals surface area contributed by atoms with Crippen molar-refractivity contribution >= 4 is 22.6 Å². The Morgan fingerprint density at radius 1 is 1.38 bits per heavy atom. The summed E-state index contributed by atoms with van der Waals surface area (Å²) in [7, 11) is 0. The number of para-hydroxylation sites is 1. The second-order valence-corrected chi connectivity index (χ2v) is 6.13. The van der Waals surface area contributed by atoms with Crippen LogP contribution in [0.25, 0.3) is 10.9 Å². The van der Waals surface area contributed by atoms with E-state index < -0.39 is 5.97 Å². The number of anilines is 1. The van der Waals surface area contributed by atoms with E-state index in [1.165, 1.54) is 12.8 Å². The van der Waals surface area contributed by atoms with E-state index in [4.69, 9.17) is 0 Å². The highest BCUT2D eigenvalue weighted by Gasteiger charge is 2.31. The number of aromatic carboxylic acids is 1. The standard InChI is InChI=1S/C17H20N2O2/c1-11(2)10-19(12-7-8-12)16-9-15(17(20)21)18-14-6-4-3-5-13(14)16/h3-6,9,11-12H,7-8,10H2,1-2H3,(H,20,21). The second-order valence-electron chi connectivity index (χ2n) is 6.13. The molecule has 3 rings (SSSR count). The van der Waals surface area contributed by atoms with Gasteiger partial charge in [-0.1, -0.05) is 32.0 Å². The van der Waals surface area contributed by atoms with Crippen molar-refractivity contribution in [1.29, 1.82) is 0 Å². The number of fused-ring (bicyclic) bond motifs is 1. The van der Waals surface area contributed by atoms with Gasteiger partial charge in [-0.15, -0.1) is 0 Å². The molecule has 0 atom stereocenters. The predicted molar refractivity (Wildman–Crippen MR) is 83.9 cm³/mol. The molecule has 0 bridgehead atoms. The third-order valence-corrected chi connectivity index (χ3v) is 3.77. The summed E-state index contributed by atoms with van der Waals surface area (Å²) >= 11 is 0. The van der Waals surface area contributed by atoms with Crippen LogP contribution < -0.4 is 4.90 Å². The molecule has 1 heterocycles. The van der Waals surface area contributed by atoms with E-state index in [2.05, 4.69) is 23.7 Å². The summed E-state index contributed by atoms with van der Waals surface area (Å²) in [5.41, 5.74) is 1.88. The molecule has 1 fully saturated rings. The zero-order valence-corrected chi connectivity index (χ0v) is 12.4. The van der Waals surface area contributed by atoms with Gasteiger partial charge in [0.05, 0.1) is 5.52 Å². The van der Waals surface area contributed by atoms with Gasteiger partial charge in [0.25, 0.3) is 0 Å². The summed E-state index contributed by atoms with van der Waals surface area (Å²) in [6, 6.07) is 10.1. The van der Waals surface area contributed by atoms with E-state index in [0.717, 1.165) is 23.1 Å². The van der Waals surface area contributed by atoms with E-state index in [-0.39, 0.29) is 5.69 Å². The van der Waals surface area contributed by atoms with Gasteiger partial charge < -0.3 is 10.0 Å². The summed E-state index contributed by atoms with van der Waals surface area (Å²) < 4.78 is 0. The minimum atomic E-state index is -0.970.